The minimum absolute atomic E-state index is 0.242. The van der Waals surface area contributed by atoms with E-state index < -0.39 is 18.9 Å². The highest BCUT2D eigenvalue weighted by Gasteiger charge is 2.12. The van der Waals surface area contributed by atoms with E-state index in [1.807, 2.05) is 22.6 Å². The average molecular weight is 316 g/mol. The number of aliphatic carboxylic acids is 1. The molecule has 0 aliphatic rings. The molecule has 0 saturated carbocycles. The van der Waals surface area contributed by atoms with Gasteiger partial charge in [-0.1, -0.05) is 0 Å². The first-order valence-electron chi connectivity index (χ1n) is 3.71. The fraction of sp³-hybridized carbons (Fsp3) is 0.429. The molecular formula is C7H7F2IN2O2. The Morgan fingerprint density at radius 2 is 2.36 bits per heavy atom. The van der Waals surface area contributed by atoms with Crippen LogP contribution in [0.15, 0.2) is 6.20 Å². The molecule has 0 aliphatic carbocycles. The molecule has 0 atom stereocenters. The van der Waals surface area contributed by atoms with E-state index in [9.17, 15) is 13.6 Å². The maximum absolute atomic E-state index is 11.9. The van der Waals surface area contributed by atoms with E-state index >= 15 is 0 Å². The molecule has 0 radical (unpaired) electrons. The van der Waals surface area contributed by atoms with E-state index in [-0.39, 0.29) is 6.42 Å². The van der Waals surface area contributed by atoms with Crippen molar-refractivity contribution in [3.05, 3.63) is 15.5 Å². The summed E-state index contributed by atoms with van der Waals surface area (Å²) < 4.78 is 25.5. The zero-order chi connectivity index (χ0) is 10.7. The topological polar surface area (TPSA) is 55.1 Å². The molecule has 1 aromatic rings. The Kier molecular flexibility index (Phi) is 3.78. The first-order valence-corrected chi connectivity index (χ1v) is 4.78. The third kappa shape index (κ3) is 3.20. The second-order valence-electron chi connectivity index (χ2n) is 2.61. The Balaban J connectivity index is 2.76. The Morgan fingerprint density at radius 1 is 1.71 bits per heavy atom. The van der Waals surface area contributed by atoms with E-state index in [4.69, 9.17) is 5.11 Å². The first kappa shape index (κ1) is 11.3. The molecule has 4 nitrogen and oxygen atoms in total. The molecule has 0 amide bonds. The highest BCUT2D eigenvalue weighted by atomic mass is 127. The van der Waals surface area contributed by atoms with Crippen molar-refractivity contribution in [3.63, 3.8) is 0 Å². The van der Waals surface area contributed by atoms with Gasteiger partial charge in [0.15, 0.2) is 0 Å². The van der Waals surface area contributed by atoms with Crippen molar-refractivity contribution in [2.45, 2.75) is 19.4 Å². The van der Waals surface area contributed by atoms with Gasteiger partial charge in [-0.2, -0.15) is 5.10 Å². The van der Waals surface area contributed by atoms with Crippen LogP contribution < -0.4 is 0 Å². The monoisotopic (exact) mass is 316 g/mol. The number of hydrogen-bond acceptors (Lipinski definition) is 2. The van der Waals surface area contributed by atoms with Crippen LogP contribution in [-0.2, 0) is 17.8 Å². The van der Waals surface area contributed by atoms with Crippen LogP contribution in [0.3, 0.4) is 0 Å². The van der Waals surface area contributed by atoms with Crippen LogP contribution in [0.1, 0.15) is 5.69 Å². The van der Waals surface area contributed by atoms with Gasteiger partial charge in [0, 0.05) is 6.20 Å². The predicted octanol–water partition coefficient (Wildman–Crippen LogP) is 1.38. The van der Waals surface area contributed by atoms with Crippen molar-refractivity contribution < 1.29 is 18.7 Å². The molecule has 1 rings (SSSR count). The van der Waals surface area contributed by atoms with Crippen molar-refractivity contribution in [2.75, 3.05) is 0 Å². The molecule has 0 saturated heterocycles. The summed E-state index contributed by atoms with van der Waals surface area (Å²) in [7, 11) is 0. The number of hydrogen-bond donors (Lipinski definition) is 1. The van der Waals surface area contributed by atoms with Gasteiger partial charge in [0.1, 0.15) is 6.54 Å². The van der Waals surface area contributed by atoms with Gasteiger partial charge in [-0.3, -0.25) is 9.48 Å². The van der Waals surface area contributed by atoms with Crippen LogP contribution in [0.5, 0.6) is 0 Å². The van der Waals surface area contributed by atoms with Gasteiger partial charge in [-0.05, 0) is 22.6 Å². The van der Waals surface area contributed by atoms with Crippen LogP contribution in [-0.4, -0.2) is 27.3 Å². The normalized spacial score (nSPS) is 10.9. The number of nitrogens with zero attached hydrogens (tertiary/aromatic N) is 2. The van der Waals surface area contributed by atoms with Crippen LogP contribution in [0, 0.1) is 3.57 Å². The summed E-state index contributed by atoms with van der Waals surface area (Å²) >= 11 is 1.87. The summed E-state index contributed by atoms with van der Waals surface area (Å²) in [5, 5.41) is 12.2. The fourth-order valence-electron chi connectivity index (χ4n) is 0.935. The number of alkyl halides is 2. The first-order chi connectivity index (χ1) is 6.49. The molecule has 0 aliphatic heterocycles. The van der Waals surface area contributed by atoms with Gasteiger partial charge in [0.05, 0.1) is 15.7 Å². The van der Waals surface area contributed by atoms with E-state index in [1.165, 1.54) is 6.20 Å². The minimum atomic E-state index is -2.48. The van der Waals surface area contributed by atoms with Crippen molar-refractivity contribution in [3.8, 4) is 0 Å². The van der Waals surface area contributed by atoms with Gasteiger partial charge in [0.25, 0.3) is 6.43 Å². The molecule has 1 N–H and O–H groups in total. The highest BCUT2D eigenvalue weighted by molar-refractivity contribution is 14.1. The van der Waals surface area contributed by atoms with E-state index in [2.05, 4.69) is 5.10 Å². The average Bonchev–Trinajstić information content (AvgIpc) is 2.28. The maximum Gasteiger partial charge on any atom is 0.309 e. The largest absolute Gasteiger partial charge is 0.481 e. The van der Waals surface area contributed by atoms with Gasteiger partial charge < -0.3 is 5.11 Å². The van der Waals surface area contributed by atoms with Gasteiger partial charge in [0.2, 0.25) is 0 Å². The van der Waals surface area contributed by atoms with E-state index in [1.54, 1.807) is 0 Å². The molecule has 0 aromatic carbocycles. The van der Waals surface area contributed by atoms with Crippen LogP contribution in [0.4, 0.5) is 8.78 Å². The highest BCUT2D eigenvalue weighted by Crippen LogP contribution is 2.11. The summed E-state index contributed by atoms with van der Waals surface area (Å²) in [6, 6.07) is 0. The van der Waals surface area contributed by atoms with Crippen molar-refractivity contribution >= 4 is 28.6 Å². The zero-order valence-corrected chi connectivity index (χ0v) is 9.11. The number of rotatable bonds is 4. The Morgan fingerprint density at radius 3 is 2.86 bits per heavy atom. The Bertz CT molecular complexity index is 340. The Labute approximate surface area is 92.0 Å². The van der Waals surface area contributed by atoms with E-state index in [0.717, 1.165) is 4.68 Å². The summed E-state index contributed by atoms with van der Waals surface area (Å²) in [6.07, 6.45) is -1.32. The molecule has 1 heterocycles. The Hall–Kier alpha value is -0.730. The molecule has 0 spiro atoms. The van der Waals surface area contributed by atoms with Crippen LogP contribution in [0.2, 0.25) is 0 Å². The molecule has 14 heavy (non-hydrogen) atoms. The fourth-order valence-corrected chi connectivity index (χ4v) is 1.56. The lowest BCUT2D eigenvalue weighted by Crippen LogP contribution is -2.08. The lowest BCUT2D eigenvalue weighted by molar-refractivity contribution is -0.136. The maximum atomic E-state index is 11.9. The van der Waals surface area contributed by atoms with Crippen molar-refractivity contribution in [1.29, 1.82) is 0 Å². The van der Waals surface area contributed by atoms with Gasteiger partial charge >= 0.3 is 5.97 Å². The lowest BCUT2D eigenvalue weighted by Gasteiger charge is -1.97. The molecule has 0 bridgehead atoms. The lowest BCUT2D eigenvalue weighted by atomic mass is 10.3. The van der Waals surface area contributed by atoms with Crippen molar-refractivity contribution in [1.82, 2.24) is 9.78 Å². The third-order valence-corrected chi connectivity index (χ3v) is 2.33. The molecule has 1 aromatic heterocycles. The van der Waals surface area contributed by atoms with Gasteiger partial charge in [-0.15, -0.1) is 0 Å². The summed E-state index contributed by atoms with van der Waals surface area (Å²) in [5.41, 5.74) is 0.318. The quantitative estimate of drug-likeness (QED) is 0.854. The molecule has 78 valence electrons. The number of carboxylic acids is 1. The second kappa shape index (κ2) is 4.67. The summed E-state index contributed by atoms with van der Waals surface area (Å²) in [5.74, 6) is -1.02. The SMILES string of the molecule is O=C(O)Cc1nn(CC(F)F)cc1I. The number of carbonyl (C=O) groups is 1. The standard InChI is InChI=1S/C7H7F2IN2O2/c8-6(9)3-12-2-4(10)5(11-12)1-7(13)14/h2,6H,1,3H2,(H,13,14). The minimum Gasteiger partial charge on any atom is -0.481 e. The number of aromatic nitrogens is 2. The number of halogens is 3. The summed E-state index contributed by atoms with van der Waals surface area (Å²) in [4.78, 5) is 10.4. The summed E-state index contributed by atoms with van der Waals surface area (Å²) in [6.45, 7) is -0.504. The smallest absolute Gasteiger partial charge is 0.309 e. The van der Waals surface area contributed by atoms with Crippen LogP contribution >= 0.6 is 22.6 Å². The molecular weight excluding hydrogens is 309 g/mol. The van der Waals surface area contributed by atoms with Crippen LogP contribution in [0.25, 0.3) is 0 Å². The van der Waals surface area contributed by atoms with Crippen molar-refractivity contribution in [2.24, 2.45) is 0 Å². The molecule has 0 unspecified atom stereocenters. The molecule has 7 heteroatoms. The number of carboxylic acid groups (broad SMARTS) is 1. The second-order valence-corrected chi connectivity index (χ2v) is 3.77. The zero-order valence-electron chi connectivity index (χ0n) is 6.95. The predicted molar refractivity (Wildman–Crippen MR) is 52.3 cm³/mol. The van der Waals surface area contributed by atoms with E-state index in [0.29, 0.717) is 9.26 Å². The van der Waals surface area contributed by atoms with Gasteiger partial charge in [-0.25, -0.2) is 8.78 Å². The molecule has 0 fully saturated rings. The third-order valence-electron chi connectivity index (χ3n) is 1.43.